The Balaban J connectivity index is 1.44. The van der Waals surface area contributed by atoms with Crippen molar-refractivity contribution in [3.63, 3.8) is 0 Å². The molecule has 1 aromatic carbocycles. The summed E-state index contributed by atoms with van der Waals surface area (Å²) in [4.78, 5) is 32.1. The molecule has 0 N–H and O–H groups in total. The van der Waals surface area contributed by atoms with Gasteiger partial charge in [-0.1, -0.05) is 12.1 Å². The zero-order valence-corrected chi connectivity index (χ0v) is 16.9. The van der Waals surface area contributed by atoms with Crippen LogP contribution in [0.4, 0.5) is 0 Å². The van der Waals surface area contributed by atoms with Gasteiger partial charge in [0.15, 0.2) is 0 Å². The van der Waals surface area contributed by atoms with Crippen LogP contribution < -0.4 is 4.74 Å². The van der Waals surface area contributed by atoms with Crippen LogP contribution in [0.5, 0.6) is 5.75 Å². The van der Waals surface area contributed by atoms with Gasteiger partial charge in [-0.25, -0.2) is 0 Å². The summed E-state index contributed by atoms with van der Waals surface area (Å²) in [7, 11) is 0. The minimum Gasteiger partial charge on any atom is -0.493 e. The van der Waals surface area contributed by atoms with E-state index in [4.69, 9.17) is 4.74 Å². The molecule has 6 heteroatoms. The Morgan fingerprint density at radius 3 is 2.46 bits per heavy atom. The van der Waals surface area contributed by atoms with E-state index in [1.165, 1.54) is 0 Å². The summed E-state index contributed by atoms with van der Waals surface area (Å²) in [5, 5.41) is 0. The molecule has 0 radical (unpaired) electrons. The Bertz CT molecular complexity index is 731. The first-order chi connectivity index (χ1) is 13.6. The van der Waals surface area contributed by atoms with Crippen molar-refractivity contribution in [3.8, 4) is 5.75 Å². The molecule has 3 fully saturated rings. The van der Waals surface area contributed by atoms with Crippen molar-refractivity contribution in [2.24, 2.45) is 0 Å². The first-order valence-corrected chi connectivity index (χ1v) is 10.7. The Kier molecular flexibility index (Phi) is 5.58. The molecule has 152 valence electrons. The standard InChI is InChI=1S/C22H31N3O3/c1-2-28-19-9-4-3-8-18(19)21(27)24-14-7-10-22(17-24)11-15-25(22)16-20(26)23-12-5-6-13-23/h3-4,8-9H,2,5-7,10-17H2,1H3. The van der Waals surface area contributed by atoms with Gasteiger partial charge in [0, 0.05) is 38.3 Å². The number of likely N-dealkylation sites (tertiary alicyclic amines) is 3. The fourth-order valence-corrected chi connectivity index (χ4v) is 4.91. The van der Waals surface area contributed by atoms with E-state index >= 15 is 0 Å². The van der Waals surface area contributed by atoms with E-state index in [0.717, 1.165) is 58.3 Å². The third-order valence-corrected chi connectivity index (χ3v) is 6.56. The van der Waals surface area contributed by atoms with Gasteiger partial charge in [0.05, 0.1) is 18.7 Å². The fourth-order valence-electron chi connectivity index (χ4n) is 4.91. The van der Waals surface area contributed by atoms with Gasteiger partial charge in [-0.2, -0.15) is 0 Å². The van der Waals surface area contributed by atoms with E-state index in [1.54, 1.807) is 0 Å². The Labute approximate surface area is 167 Å². The largest absolute Gasteiger partial charge is 0.493 e. The molecule has 0 aliphatic carbocycles. The molecule has 3 aliphatic heterocycles. The lowest BCUT2D eigenvalue weighted by Gasteiger charge is -2.57. The summed E-state index contributed by atoms with van der Waals surface area (Å²) in [6, 6.07) is 7.50. The number of nitrogens with zero attached hydrogens (tertiary/aromatic N) is 3. The van der Waals surface area contributed by atoms with Gasteiger partial charge in [0.25, 0.3) is 5.91 Å². The number of amides is 2. The molecule has 6 nitrogen and oxygen atoms in total. The van der Waals surface area contributed by atoms with Crippen molar-refractivity contribution < 1.29 is 14.3 Å². The van der Waals surface area contributed by atoms with Crippen LogP contribution in [-0.4, -0.2) is 77.9 Å². The van der Waals surface area contributed by atoms with Crippen LogP contribution in [0.3, 0.4) is 0 Å². The molecular weight excluding hydrogens is 354 g/mol. The van der Waals surface area contributed by atoms with Crippen LogP contribution in [-0.2, 0) is 4.79 Å². The summed E-state index contributed by atoms with van der Waals surface area (Å²) in [6.45, 7) is 7.21. The molecule has 1 unspecified atom stereocenters. The first-order valence-electron chi connectivity index (χ1n) is 10.7. The zero-order chi connectivity index (χ0) is 19.6. The average Bonchev–Trinajstić information content (AvgIpc) is 3.26. The van der Waals surface area contributed by atoms with E-state index in [-0.39, 0.29) is 17.4 Å². The number of rotatable bonds is 5. The molecule has 0 bridgehead atoms. The van der Waals surface area contributed by atoms with E-state index in [2.05, 4.69) is 4.90 Å². The van der Waals surface area contributed by atoms with Crippen molar-refractivity contribution in [2.45, 2.75) is 44.6 Å². The maximum absolute atomic E-state index is 13.2. The monoisotopic (exact) mass is 385 g/mol. The number of piperidine rings is 1. The van der Waals surface area contributed by atoms with Crippen LogP contribution in [0.25, 0.3) is 0 Å². The molecule has 3 saturated heterocycles. The molecule has 0 aromatic heterocycles. The normalized spacial score (nSPS) is 25.0. The van der Waals surface area contributed by atoms with Gasteiger partial charge in [-0.3, -0.25) is 14.5 Å². The topological polar surface area (TPSA) is 53.1 Å². The van der Waals surface area contributed by atoms with Gasteiger partial charge in [0.1, 0.15) is 5.75 Å². The third kappa shape index (κ3) is 3.62. The van der Waals surface area contributed by atoms with Crippen molar-refractivity contribution in [1.29, 1.82) is 0 Å². The lowest BCUT2D eigenvalue weighted by Crippen LogP contribution is -2.68. The zero-order valence-electron chi connectivity index (χ0n) is 16.9. The van der Waals surface area contributed by atoms with Gasteiger partial charge in [0.2, 0.25) is 5.91 Å². The number of ether oxygens (including phenoxy) is 1. The molecule has 1 spiro atoms. The second-order valence-corrected chi connectivity index (χ2v) is 8.24. The van der Waals surface area contributed by atoms with Crippen LogP contribution in [0.2, 0.25) is 0 Å². The number of hydrogen-bond acceptors (Lipinski definition) is 4. The summed E-state index contributed by atoms with van der Waals surface area (Å²) >= 11 is 0. The summed E-state index contributed by atoms with van der Waals surface area (Å²) in [6.07, 6.45) is 5.36. The van der Waals surface area contributed by atoms with Crippen molar-refractivity contribution in [2.75, 3.05) is 45.9 Å². The first kappa shape index (κ1) is 19.2. The molecule has 2 amide bonds. The summed E-state index contributed by atoms with van der Waals surface area (Å²) in [5.74, 6) is 0.951. The second kappa shape index (κ2) is 8.11. The highest BCUT2D eigenvalue weighted by Gasteiger charge is 2.49. The molecule has 3 aliphatic rings. The van der Waals surface area contributed by atoms with Gasteiger partial charge in [-0.15, -0.1) is 0 Å². The minimum absolute atomic E-state index is 0.0240. The maximum atomic E-state index is 13.2. The molecule has 28 heavy (non-hydrogen) atoms. The quantitative estimate of drug-likeness (QED) is 0.781. The Morgan fingerprint density at radius 1 is 1.00 bits per heavy atom. The number of para-hydroxylation sites is 1. The summed E-state index contributed by atoms with van der Waals surface area (Å²) < 4.78 is 5.66. The van der Waals surface area contributed by atoms with Crippen LogP contribution >= 0.6 is 0 Å². The highest BCUT2D eigenvalue weighted by atomic mass is 16.5. The predicted octanol–water partition coefficient (Wildman–Crippen LogP) is 2.39. The van der Waals surface area contributed by atoms with Crippen molar-refractivity contribution >= 4 is 11.8 Å². The van der Waals surface area contributed by atoms with E-state index in [1.807, 2.05) is 41.0 Å². The van der Waals surface area contributed by atoms with Crippen molar-refractivity contribution in [1.82, 2.24) is 14.7 Å². The van der Waals surface area contributed by atoms with Gasteiger partial charge in [-0.05, 0) is 51.2 Å². The van der Waals surface area contributed by atoms with E-state index in [0.29, 0.717) is 31.0 Å². The van der Waals surface area contributed by atoms with Gasteiger partial charge >= 0.3 is 0 Å². The number of carbonyl (C=O) groups is 2. The predicted molar refractivity (Wildman–Crippen MR) is 107 cm³/mol. The van der Waals surface area contributed by atoms with E-state index < -0.39 is 0 Å². The molecule has 1 aromatic rings. The lowest BCUT2D eigenvalue weighted by atomic mass is 9.77. The SMILES string of the molecule is CCOc1ccccc1C(=O)N1CCCC2(CCN2CC(=O)N2CCCC2)C1. The number of carbonyl (C=O) groups excluding carboxylic acids is 2. The van der Waals surface area contributed by atoms with E-state index in [9.17, 15) is 9.59 Å². The number of hydrogen-bond donors (Lipinski definition) is 0. The van der Waals surface area contributed by atoms with Crippen LogP contribution in [0.15, 0.2) is 24.3 Å². The van der Waals surface area contributed by atoms with Crippen molar-refractivity contribution in [3.05, 3.63) is 29.8 Å². The minimum atomic E-state index is -0.0240. The molecule has 3 heterocycles. The molecule has 4 rings (SSSR count). The molecule has 1 atom stereocenters. The average molecular weight is 386 g/mol. The summed E-state index contributed by atoms with van der Waals surface area (Å²) in [5.41, 5.74) is 0.615. The van der Waals surface area contributed by atoms with Crippen LogP contribution in [0.1, 0.15) is 49.4 Å². The molecular formula is C22H31N3O3. The second-order valence-electron chi connectivity index (χ2n) is 8.24. The smallest absolute Gasteiger partial charge is 0.257 e. The lowest BCUT2D eigenvalue weighted by molar-refractivity contribution is -0.138. The third-order valence-electron chi connectivity index (χ3n) is 6.56. The Hall–Kier alpha value is -2.08. The molecule has 0 saturated carbocycles. The highest BCUT2D eigenvalue weighted by molar-refractivity contribution is 5.97. The highest BCUT2D eigenvalue weighted by Crippen LogP contribution is 2.39. The maximum Gasteiger partial charge on any atom is 0.257 e. The number of benzene rings is 1. The van der Waals surface area contributed by atoms with Gasteiger partial charge < -0.3 is 14.5 Å². The Morgan fingerprint density at radius 2 is 1.75 bits per heavy atom. The fraction of sp³-hybridized carbons (Fsp3) is 0.636. The van der Waals surface area contributed by atoms with Crippen LogP contribution in [0, 0.1) is 0 Å².